The van der Waals surface area contributed by atoms with E-state index in [0.29, 0.717) is 19.6 Å². The van der Waals surface area contributed by atoms with Crippen molar-refractivity contribution >= 4 is 45.7 Å². The van der Waals surface area contributed by atoms with Gasteiger partial charge in [-0.1, -0.05) is 0 Å². The van der Waals surface area contributed by atoms with Crippen LogP contribution in [0.25, 0.3) is 0 Å². The van der Waals surface area contributed by atoms with Gasteiger partial charge < -0.3 is 9.80 Å². The predicted octanol–water partition coefficient (Wildman–Crippen LogP) is 1.20. The topological polar surface area (TPSA) is 43.9 Å². The lowest BCUT2D eigenvalue weighted by atomic mass is 10.2. The van der Waals surface area contributed by atoms with Gasteiger partial charge in [0.2, 0.25) is 5.91 Å². The average Bonchev–Trinajstić information content (AvgIpc) is 2.85. The summed E-state index contributed by atoms with van der Waals surface area (Å²) in [5.41, 5.74) is 0.775. The van der Waals surface area contributed by atoms with Gasteiger partial charge in [0.05, 0.1) is 15.0 Å². The van der Waals surface area contributed by atoms with Gasteiger partial charge in [-0.05, 0) is 28.7 Å². The van der Waals surface area contributed by atoms with Crippen LogP contribution in [0.1, 0.15) is 10.4 Å². The highest BCUT2D eigenvalue weighted by atomic mass is 127. The Bertz CT molecular complexity index is 496. The highest BCUT2D eigenvalue weighted by molar-refractivity contribution is 14.1. The van der Waals surface area contributed by atoms with E-state index in [9.17, 15) is 9.59 Å². The standard InChI is InChI=1S/C13H18IN3O2S/c1-15(2)12(18)8-16-3-5-17(6-4-16)13(19)10-7-11(14)20-9-10/h7,9H,3-6,8H2,1-2H3. The maximum absolute atomic E-state index is 12.3. The first-order valence-corrected chi connectivity index (χ1v) is 8.39. The molecule has 1 aromatic rings. The number of carbonyl (C=O) groups is 2. The number of amides is 2. The summed E-state index contributed by atoms with van der Waals surface area (Å²) >= 11 is 3.81. The van der Waals surface area contributed by atoms with E-state index in [-0.39, 0.29) is 11.8 Å². The monoisotopic (exact) mass is 407 g/mol. The molecule has 0 saturated carbocycles. The van der Waals surface area contributed by atoms with E-state index in [1.54, 1.807) is 30.3 Å². The number of nitrogens with zero attached hydrogens (tertiary/aromatic N) is 3. The minimum atomic E-state index is 0.0998. The SMILES string of the molecule is CN(C)C(=O)CN1CCN(C(=O)c2csc(I)c2)CC1. The number of halogens is 1. The maximum Gasteiger partial charge on any atom is 0.254 e. The Morgan fingerprint density at radius 2 is 1.95 bits per heavy atom. The van der Waals surface area contributed by atoms with Crippen LogP contribution in [0.3, 0.4) is 0 Å². The third kappa shape index (κ3) is 3.92. The number of thiophene rings is 1. The summed E-state index contributed by atoms with van der Waals surface area (Å²) in [4.78, 5) is 29.5. The van der Waals surface area contributed by atoms with Crippen LogP contribution in [-0.4, -0.2) is 73.3 Å². The van der Waals surface area contributed by atoms with E-state index in [4.69, 9.17) is 0 Å². The molecule has 1 saturated heterocycles. The van der Waals surface area contributed by atoms with E-state index in [1.807, 2.05) is 16.3 Å². The number of hydrogen-bond donors (Lipinski definition) is 0. The Hall–Kier alpha value is -0.670. The Morgan fingerprint density at radius 3 is 2.45 bits per heavy atom. The van der Waals surface area contributed by atoms with Gasteiger partial charge in [0, 0.05) is 45.7 Å². The molecule has 2 heterocycles. The smallest absolute Gasteiger partial charge is 0.254 e. The van der Waals surface area contributed by atoms with Crippen molar-refractivity contribution in [2.24, 2.45) is 0 Å². The van der Waals surface area contributed by atoms with E-state index in [0.717, 1.165) is 21.5 Å². The summed E-state index contributed by atoms with van der Waals surface area (Å²) in [5.74, 6) is 0.208. The second-order valence-corrected chi connectivity index (χ2v) is 7.80. The van der Waals surface area contributed by atoms with Gasteiger partial charge in [-0.2, -0.15) is 0 Å². The van der Waals surface area contributed by atoms with Crippen LogP contribution in [0, 0.1) is 2.88 Å². The fourth-order valence-electron chi connectivity index (χ4n) is 2.05. The minimum Gasteiger partial charge on any atom is -0.348 e. The van der Waals surface area contributed by atoms with Crippen molar-refractivity contribution in [2.45, 2.75) is 0 Å². The summed E-state index contributed by atoms with van der Waals surface area (Å²) < 4.78 is 1.13. The summed E-state index contributed by atoms with van der Waals surface area (Å²) in [6, 6.07) is 1.93. The van der Waals surface area contributed by atoms with E-state index >= 15 is 0 Å². The molecule has 1 aliphatic heterocycles. The summed E-state index contributed by atoms with van der Waals surface area (Å²) in [6.07, 6.45) is 0. The van der Waals surface area contributed by atoms with Crippen LogP contribution >= 0.6 is 33.9 Å². The van der Waals surface area contributed by atoms with Gasteiger partial charge in [-0.25, -0.2) is 0 Å². The third-order valence-corrected chi connectivity index (χ3v) is 5.12. The van der Waals surface area contributed by atoms with Gasteiger partial charge in [0.15, 0.2) is 0 Å². The summed E-state index contributed by atoms with van der Waals surface area (Å²) in [5, 5.41) is 1.91. The lowest BCUT2D eigenvalue weighted by molar-refractivity contribution is -0.130. The summed E-state index contributed by atoms with van der Waals surface area (Å²) in [7, 11) is 3.53. The molecule has 2 rings (SSSR count). The molecule has 1 fully saturated rings. The molecule has 1 aromatic heterocycles. The van der Waals surface area contributed by atoms with Crippen molar-refractivity contribution in [1.29, 1.82) is 0 Å². The highest BCUT2D eigenvalue weighted by Gasteiger charge is 2.24. The van der Waals surface area contributed by atoms with Crippen LogP contribution in [0.4, 0.5) is 0 Å². The molecule has 0 N–H and O–H groups in total. The first-order chi connectivity index (χ1) is 9.47. The maximum atomic E-state index is 12.3. The van der Waals surface area contributed by atoms with Crippen LogP contribution < -0.4 is 0 Å². The van der Waals surface area contributed by atoms with Crippen LogP contribution in [-0.2, 0) is 4.79 Å². The molecule has 0 radical (unpaired) electrons. The molecule has 0 bridgehead atoms. The minimum absolute atomic E-state index is 0.0998. The molecule has 0 aliphatic carbocycles. The van der Waals surface area contributed by atoms with Crippen molar-refractivity contribution in [3.05, 3.63) is 19.9 Å². The van der Waals surface area contributed by atoms with Gasteiger partial charge in [-0.3, -0.25) is 14.5 Å². The Kier molecular flexibility index (Phi) is 5.39. The molecule has 7 heteroatoms. The van der Waals surface area contributed by atoms with E-state index < -0.39 is 0 Å². The molecular formula is C13H18IN3O2S. The Labute approximate surface area is 136 Å². The molecule has 1 aliphatic rings. The number of likely N-dealkylation sites (N-methyl/N-ethyl adjacent to an activating group) is 1. The van der Waals surface area contributed by atoms with Crippen LogP contribution in [0.5, 0.6) is 0 Å². The van der Waals surface area contributed by atoms with Crippen molar-refractivity contribution in [2.75, 3.05) is 46.8 Å². The first-order valence-electron chi connectivity index (χ1n) is 6.43. The van der Waals surface area contributed by atoms with Crippen molar-refractivity contribution in [3.63, 3.8) is 0 Å². The van der Waals surface area contributed by atoms with Crippen LogP contribution in [0.2, 0.25) is 0 Å². The molecule has 20 heavy (non-hydrogen) atoms. The second kappa shape index (κ2) is 6.86. The second-order valence-electron chi connectivity index (χ2n) is 5.00. The highest BCUT2D eigenvalue weighted by Crippen LogP contribution is 2.18. The number of hydrogen-bond acceptors (Lipinski definition) is 4. The van der Waals surface area contributed by atoms with E-state index in [2.05, 4.69) is 27.5 Å². The fourth-order valence-corrected chi connectivity index (χ4v) is 3.37. The zero-order valence-electron chi connectivity index (χ0n) is 11.6. The van der Waals surface area contributed by atoms with Crippen molar-refractivity contribution in [1.82, 2.24) is 14.7 Å². The fraction of sp³-hybridized carbons (Fsp3) is 0.538. The number of carbonyl (C=O) groups excluding carboxylic acids is 2. The van der Waals surface area contributed by atoms with E-state index in [1.165, 1.54) is 0 Å². The molecule has 0 atom stereocenters. The molecule has 0 unspecified atom stereocenters. The molecule has 0 aromatic carbocycles. The van der Waals surface area contributed by atoms with Gasteiger partial charge in [0.1, 0.15) is 0 Å². The lowest BCUT2D eigenvalue weighted by Crippen LogP contribution is -2.50. The number of rotatable bonds is 3. The average molecular weight is 407 g/mol. The number of piperazine rings is 1. The van der Waals surface area contributed by atoms with Crippen molar-refractivity contribution in [3.8, 4) is 0 Å². The molecule has 5 nitrogen and oxygen atoms in total. The summed E-state index contributed by atoms with van der Waals surface area (Å²) in [6.45, 7) is 3.32. The molecule has 2 amide bonds. The Morgan fingerprint density at radius 1 is 1.30 bits per heavy atom. The van der Waals surface area contributed by atoms with Gasteiger partial charge in [0.25, 0.3) is 5.91 Å². The third-order valence-electron chi connectivity index (χ3n) is 3.33. The normalized spacial score (nSPS) is 16.2. The van der Waals surface area contributed by atoms with Crippen molar-refractivity contribution < 1.29 is 9.59 Å². The molecular weight excluding hydrogens is 389 g/mol. The first kappa shape index (κ1) is 15.7. The molecule has 110 valence electrons. The molecule has 0 spiro atoms. The quantitative estimate of drug-likeness (QED) is 0.708. The Balaban J connectivity index is 1.85. The lowest BCUT2D eigenvalue weighted by Gasteiger charge is -2.34. The van der Waals surface area contributed by atoms with Gasteiger partial charge >= 0.3 is 0 Å². The predicted molar refractivity (Wildman–Crippen MR) is 88.1 cm³/mol. The van der Waals surface area contributed by atoms with Gasteiger partial charge in [-0.15, -0.1) is 11.3 Å². The zero-order valence-corrected chi connectivity index (χ0v) is 14.6. The zero-order chi connectivity index (χ0) is 14.7. The van der Waals surface area contributed by atoms with Crippen LogP contribution in [0.15, 0.2) is 11.4 Å². The largest absolute Gasteiger partial charge is 0.348 e.